The molecule has 1 aromatic carbocycles. The van der Waals surface area contributed by atoms with Crippen molar-refractivity contribution < 1.29 is 39.9 Å². The van der Waals surface area contributed by atoms with E-state index in [9.17, 15) is 39.9 Å². The summed E-state index contributed by atoms with van der Waals surface area (Å²) < 4.78 is 103. The quantitative estimate of drug-likeness (QED) is 0.366. The molecule has 0 saturated heterocycles. The smallest absolute Gasteiger partial charge is 0.298 e. The van der Waals surface area contributed by atoms with Crippen LogP contribution in [0.4, 0.5) is 35.1 Å². The average molecular weight is 330 g/mol. The molecule has 0 atom stereocenters. The molecule has 0 spiro atoms. The van der Waals surface area contributed by atoms with E-state index < -0.39 is 52.2 Å². The van der Waals surface area contributed by atoms with Crippen molar-refractivity contribution in [3.8, 4) is 5.69 Å². The molecule has 2 rings (SSSR count). The number of aromatic nitrogens is 2. The molecular formula is C11H2F8N2O. The van der Waals surface area contributed by atoms with Crippen LogP contribution in [0.15, 0.2) is 6.20 Å². The lowest BCUT2D eigenvalue weighted by Gasteiger charge is -2.08. The Hall–Kier alpha value is -2.46. The highest BCUT2D eigenvalue weighted by molar-refractivity contribution is 5.76. The van der Waals surface area contributed by atoms with Crippen molar-refractivity contribution in [2.75, 3.05) is 0 Å². The summed E-state index contributed by atoms with van der Waals surface area (Å²) in [5, 5.41) is 2.68. The first-order valence-corrected chi connectivity index (χ1v) is 5.23. The number of benzene rings is 1. The molecule has 0 bridgehead atoms. The molecule has 3 nitrogen and oxygen atoms in total. The van der Waals surface area contributed by atoms with Crippen molar-refractivity contribution in [3.63, 3.8) is 0 Å². The van der Waals surface area contributed by atoms with Crippen LogP contribution in [-0.4, -0.2) is 16.1 Å². The predicted molar refractivity (Wildman–Crippen MR) is 53.7 cm³/mol. The van der Waals surface area contributed by atoms with Crippen molar-refractivity contribution in [1.82, 2.24) is 9.78 Å². The molecule has 22 heavy (non-hydrogen) atoms. The molecule has 0 aliphatic rings. The summed E-state index contributed by atoms with van der Waals surface area (Å²) in [4.78, 5) is 10.5. The molecule has 0 aliphatic heterocycles. The fourth-order valence-corrected chi connectivity index (χ4v) is 1.60. The highest BCUT2D eigenvalue weighted by Gasteiger charge is 2.38. The van der Waals surface area contributed by atoms with Gasteiger partial charge in [-0.05, 0) is 0 Å². The Morgan fingerprint density at radius 3 is 1.73 bits per heavy atom. The van der Waals surface area contributed by atoms with Gasteiger partial charge in [-0.1, -0.05) is 0 Å². The number of alkyl halides is 3. The molecule has 1 aromatic heterocycles. The number of halogens is 8. The van der Waals surface area contributed by atoms with Gasteiger partial charge >= 0.3 is 6.18 Å². The maximum atomic E-state index is 13.5. The van der Waals surface area contributed by atoms with E-state index in [4.69, 9.17) is 0 Å². The number of carbonyl (C=O) groups is 1. The first-order chi connectivity index (χ1) is 10.1. The van der Waals surface area contributed by atoms with Gasteiger partial charge in [-0.3, -0.25) is 4.79 Å². The molecule has 1 heterocycles. The van der Waals surface area contributed by atoms with Gasteiger partial charge in [0.15, 0.2) is 35.2 Å². The summed E-state index contributed by atoms with van der Waals surface area (Å²) >= 11 is 0. The van der Waals surface area contributed by atoms with Crippen LogP contribution in [0.5, 0.6) is 0 Å². The van der Waals surface area contributed by atoms with Crippen LogP contribution in [-0.2, 0) is 6.18 Å². The minimum absolute atomic E-state index is 0.202. The number of nitrogens with zero attached hydrogens (tertiary/aromatic N) is 2. The largest absolute Gasteiger partial charge is 0.435 e. The Morgan fingerprint density at radius 2 is 1.36 bits per heavy atom. The van der Waals surface area contributed by atoms with Crippen LogP contribution in [0, 0.1) is 29.1 Å². The maximum Gasteiger partial charge on any atom is 0.435 e. The minimum Gasteiger partial charge on any atom is -0.298 e. The Balaban J connectivity index is 2.79. The highest BCUT2D eigenvalue weighted by atomic mass is 19.4. The van der Waals surface area contributed by atoms with Crippen molar-refractivity contribution in [2.24, 2.45) is 0 Å². The Morgan fingerprint density at radius 1 is 0.909 bits per heavy atom. The molecule has 0 fully saturated rings. The molecule has 0 unspecified atom stereocenters. The van der Waals surface area contributed by atoms with E-state index >= 15 is 0 Å². The van der Waals surface area contributed by atoms with E-state index in [2.05, 4.69) is 5.10 Å². The summed E-state index contributed by atoms with van der Waals surface area (Å²) in [7, 11) is 0. The first-order valence-electron chi connectivity index (χ1n) is 5.23. The van der Waals surface area contributed by atoms with Crippen molar-refractivity contribution >= 4 is 6.29 Å². The third-order valence-corrected chi connectivity index (χ3v) is 2.55. The molecule has 0 radical (unpaired) electrons. The fourth-order valence-electron chi connectivity index (χ4n) is 1.60. The van der Waals surface area contributed by atoms with Crippen LogP contribution in [0.1, 0.15) is 16.1 Å². The van der Waals surface area contributed by atoms with Gasteiger partial charge in [0.25, 0.3) is 0 Å². The van der Waals surface area contributed by atoms with Gasteiger partial charge in [-0.25, -0.2) is 26.6 Å². The zero-order valence-corrected chi connectivity index (χ0v) is 9.98. The highest BCUT2D eigenvalue weighted by Crippen LogP contribution is 2.32. The van der Waals surface area contributed by atoms with Gasteiger partial charge in [-0.15, -0.1) is 0 Å². The predicted octanol–water partition coefficient (Wildman–Crippen LogP) is 3.40. The summed E-state index contributed by atoms with van der Waals surface area (Å²) in [6, 6.07) is 0. The van der Waals surface area contributed by atoms with Crippen LogP contribution >= 0.6 is 0 Å². The molecular weight excluding hydrogens is 328 g/mol. The number of hydrogen-bond donors (Lipinski definition) is 0. The summed E-state index contributed by atoms with van der Waals surface area (Å²) in [5.74, 6) is -12.0. The lowest BCUT2D eigenvalue weighted by molar-refractivity contribution is -0.141. The third kappa shape index (κ3) is 2.31. The lowest BCUT2D eigenvalue weighted by Crippen LogP contribution is -2.12. The topological polar surface area (TPSA) is 34.9 Å². The van der Waals surface area contributed by atoms with Gasteiger partial charge in [-0.2, -0.15) is 18.3 Å². The van der Waals surface area contributed by atoms with Gasteiger partial charge in [0.1, 0.15) is 5.69 Å². The van der Waals surface area contributed by atoms with Gasteiger partial charge in [0, 0.05) is 6.20 Å². The van der Waals surface area contributed by atoms with Gasteiger partial charge in [0.2, 0.25) is 5.82 Å². The molecule has 0 amide bonds. The zero-order chi connectivity index (χ0) is 16.8. The fraction of sp³-hybridized carbons (Fsp3) is 0.0909. The average Bonchev–Trinajstić information content (AvgIpc) is 2.87. The van der Waals surface area contributed by atoms with E-state index in [1.807, 2.05) is 0 Å². The number of hydrogen-bond acceptors (Lipinski definition) is 2. The molecule has 0 N–H and O–H groups in total. The molecule has 0 aliphatic carbocycles. The van der Waals surface area contributed by atoms with E-state index in [1.54, 1.807) is 0 Å². The second kappa shape index (κ2) is 5.07. The van der Waals surface area contributed by atoms with E-state index in [1.165, 1.54) is 0 Å². The Labute approximate surface area is 115 Å². The maximum absolute atomic E-state index is 13.5. The number of carbonyl (C=O) groups excluding carboxylic acids is 1. The molecule has 0 saturated carbocycles. The van der Waals surface area contributed by atoms with Crippen molar-refractivity contribution in [2.45, 2.75) is 6.18 Å². The van der Waals surface area contributed by atoms with Gasteiger partial charge < -0.3 is 0 Å². The summed E-state index contributed by atoms with van der Waals surface area (Å²) in [6.07, 6.45) is -5.28. The van der Waals surface area contributed by atoms with E-state index in [0.717, 1.165) is 0 Å². The summed E-state index contributed by atoms with van der Waals surface area (Å²) in [5.41, 5.74) is -4.68. The monoisotopic (exact) mass is 330 g/mol. The Kier molecular flexibility index (Phi) is 3.67. The second-order valence-corrected chi connectivity index (χ2v) is 3.91. The molecule has 118 valence electrons. The van der Waals surface area contributed by atoms with Crippen molar-refractivity contribution in [3.05, 3.63) is 46.5 Å². The standard InChI is InChI=1S/C11H2F8N2O/c12-4-5(13)7(15)9(8(16)6(4)14)21-1-3(2-22)10(20-21)11(17,18)19/h1-2H. The number of aldehydes is 1. The lowest BCUT2D eigenvalue weighted by atomic mass is 10.2. The number of rotatable bonds is 2. The summed E-state index contributed by atoms with van der Waals surface area (Å²) in [6.45, 7) is 0. The third-order valence-electron chi connectivity index (χ3n) is 2.55. The normalized spacial score (nSPS) is 11.8. The van der Waals surface area contributed by atoms with Crippen LogP contribution in [0.3, 0.4) is 0 Å². The SMILES string of the molecule is O=Cc1cn(-c2c(F)c(F)c(F)c(F)c2F)nc1C(F)(F)F. The minimum atomic E-state index is -5.16. The molecule has 2 aromatic rings. The van der Waals surface area contributed by atoms with Crippen LogP contribution in [0.25, 0.3) is 5.69 Å². The van der Waals surface area contributed by atoms with E-state index in [0.29, 0.717) is 0 Å². The van der Waals surface area contributed by atoms with Gasteiger partial charge in [0.05, 0.1) is 5.56 Å². The van der Waals surface area contributed by atoms with Crippen molar-refractivity contribution in [1.29, 1.82) is 0 Å². The Bertz CT molecular complexity index is 735. The molecule has 11 heteroatoms. The first kappa shape index (κ1) is 15.9. The van der Waals surface area contributed by atoms with E-state index in [-0.39, 0.29) is 17.2 Å². The van der Waals surface area contributed by atoms with Crippen LogP contribution < -0.4 is 0 Å². The second-order valence-electron chi connectivity index (χ2n) is 3.91. The van der Waals surface area contributed by atoms with Crippen LogP contribution in [0.2, 0.25) is 0 Å². The zero-order valence-electron chi connectivity index (χ0n) is 9.98.